The monoisotopic (exact) mass is 418 g/mol. The van der Waals surface area contributed by atoms with E-state index in [0.29, 0.717) is 0 Å². The molecular formula is C22H18N4OS2. The van der Waals surface area contributed by atoms with Crippen LogP contribution in [0.15, 0.2) is 76.8 Å². The van der Waals surface area contributed by atoms with E-state index in [1.165, 1.54) is 4.88 Å². The SMILES string of the molecule is COc1ccc(-c2csc(N3N=C(c4cccs4)C[C@H]3c3cccnc3)n2)cc1. The van der Waals surface area contributed by atoms with Gasteiger partial charge in [0.1, 0.15) is 5.75 Å². The number of anilines is 1. The number of nitrogens with zero attached hydrogens (tertiary/aromatic N) is 4. The summed E-state index contributed by atoms with van der Waals surface area (Å²) in [7, 11) is 1.67. The number of rotatable bonds is 5. The Hall–Kier alpha value is -3.03. The lowest BCUT2D eigenvalue weighted by Crippen LogP contribution is -2.18. The van der Waals surface area contributed by atoms with Crippen molar-refractivity contribution in [2.45, 2.75) is 12.5 Å². The summed E-state index contributed by atoms with van der Waals surface area (Å²) in [6.45, 7) is 0. The lowest BCUT2D eigenvalue weighted by atomic mass is 10.0. The molecule has 0 unspecified atom stereocenters. The molecule has 29 heavy (non-hydrogen) atoms. The van der Waals surface area contributed by atoms with Crippen LogP contribution in [-0.4, -0.2) is 22.8 Å². The Balaban J connectivity index is 1.50. The molecule has 0 spiro atoms. The van der Waals surface area contributed by atoms with Crippen LogP contribution in [0.3, 0.4) is 0 Å². The van der Waals surface area contributed by atoms with E-state index in [1.807, 2.05) is 41.5 Å². The minimum atomic E-state index is 0.0932. The van der Waals surface area contributed by atoms with Gasteiger partial charge in [0.05, 0.1) is 29.4 Å². The van der Waals surface area contributed by atoms with Crippen molar-refractivity contribution in [3.05, 3.63) is 82.1 Å². The molecule has 4 aromatic rings. The van der Waals surface area contributed by atoms with E-state index in [1.54, 1.807) is 36.0 Å². The Morgan fingerprint density at radius 2 is 1.97 bits per heavy atom. The number of thiazole rings is 1. The zero-order valence-corrected chi connectivity index (χ0v) is 17.4. The van der Waals surface area contributed by atoms with Gasteiger partial charge < -0.3 is 4.74 Å². The second-order valence-corrected chi connectivity index (χ2v) is 8.40. The van der Waals surface area contributed by atoms with Crippen molar-refractivity contribution >= 4 is 33.5 Å². The Morgan fingerprint density at radius 1 is 1.07 bits per heavy atom. The summed E-state index contributed by atoms with van der Waals surface area (Å²) in [6, 6.07) is 16.3. The standard InChI is InChI=1S/C22H18N4OS2/c1-27-17-8-6-15(7-9-17)19-14-29-22(24-19)26-20(16-4-2-10-23-13-16)12-18(25-26)21-5-3-11-28-21/h2-11,13-14,20H,12H2,1H3/t20-/m0/s1. The lowest BCUT2D eigenvalue weighted by molar-refractivity contribution is 0.415. The van der Waals surface area contributed by atoms with Crippen molar-refractivity contribution < 1.29 is 4.74 Å². The van der Waals surface area contributed by atoms with E-state index in [4.69, 9.17) is 14.8 Å². The van der Waals surface area contributed by atoms with Crippen LogP contribution in [0, 0.1) is 0 Å². The Morgan fingerprint density at radius 3 is 2.69 bits per heavy atom. The largest absolute Gasteiger partial charge is 0.497 e. The zero-order chi connectivity index (χ0) is 19.6. The lowest BCUT2D eigenvalue weighted by Gasteiger charge is -2.20. The number of pyridine rings is 1. The fourth-order valence-corrected chi connectivity index (χ4v) is 4.93. The molecule has 0 bridgehead atoms. The third-order valence-electron chi connectivity index (χ3n) is 4.86. The summed E-state index contributed by atoms with van der Waals surface area (Å²) in [5.41, 5.74) is 4.24. The van der Waals surface area contributed by atoms with Gasteiger partial charge in [-0.3, -0.25) is 4.98 Å². The van der Waals surface area contributed by atoms with Crippen molar-refractivity contribution in [1.82, 2.24) is 9.97 Å². The number of thiophene rings is 1. The maximum Gasteiger partial charge on any atom is 0.207 e. The second-order valence-electron chi connectivity index (χ2n) is 6.62. The highest BCUT2D eigenvalue weighted by Crippen LogP contribution is 2.39. The number of aromatic nitrogens is 2. The van der Waals surface area contributed by atoms with Gasteiger partial charge in [0.15, 0.2) is 0 Å². The van der Waals surface area contributed by atoms with Gasteiger partial charge in [0, 0.05) is 29.8 Å². The van der Waals surface area contributed by atoms with Crippen molar-refractivity contribution in [3.8, 4) is 17.0 Å². The Labute approximate surface area is 177 Å². The second kappa shape index (κ2) is 7.77. The number of hydrogen-bond donors (Lipinski definition) is 0. The van der Waals surface area contributed by atoms with Crippen LogP contribution in [-0.2, 0) is 0 Å². The number of hydrazone groups is 1. The van der Waals surface area contributed by atoms with Crippen LogP contribution in [0.25, 0.3) is 11.3 Å². The molecule has 0 saturated heterocycles. The van der Waals surface area contributed by atoms with Crippen LogP contribution < -0.4 is 9.75 Å². The third kappa shape index (κ3) is 3.54. The summed E-state index contributed by atoms with van der Waals surface area (Å²) in [5.74, 6) is 0.838. The van der Waals surface area contributed by atoms with Crippen molar-refractivity contribution in [3.63, 3.8) is 0 Å². The minimum Gasteiger partial charge on any atom is -0.497 e. The zero-order valence-electron chi connectivity index (χ0n) is 15.7. The summed E-state index contributed by atoms with van der Waals surface area (Å²) < 4.78 is 5.25. The molecule has 0 amide bonds. The molecule has 0 radical (unpaired) electrons. The van der Waals surface area contributed by atoms with Crippen molar-refractivity contribution in [1.29, 1.82) is 0 Å². The molecule has 1 aliphatic heterocycles. The van der Waals surface area contributed by atoms with Gasteiger partial charge in [-0.25, -0.2) is 9.99 Å². The van der Waals surface area contributed by atoms with E-state index >= 15 is 0 Å². The van der Waals surface area contributed by atoms with Gasteiger partial charge >= 0.3 is 0 Å². The molecule has 4 heterocycles. The van der Waals surface area contributed by atoms with Crippen LogP contribution in [0.5, 0.6) is 5.75 Å². The highest BCUT2D eigenvalue weighted by molar-refractivity contribution is 7.14. The van der Waals surface area contributed by atoms with Crippen LogP contribution in [0.1, 0.15) is 22.9 Å². The molecule has 1 atom stereocenters. The molecule has 1 aliphatic rings. The number of ether oxygens (including phenoxy) is 1. The van der Waals surface area contributed by atoms with Gasteiger partial charge in [-0.15, -0.1) is 22.7 Å². The van der Waals surface area contributed by atoms with E-state index in [2.05, 4.69) is 33.9 Å². The molecule has 1 aromatic carbocycles. The first-order chi connectivity index (χ1) is 14.3. The average molecular weight is 419 g/mol. The molecule has 0 N–H and O–H groups in total. The average Bonchev–Trinajstić information content (AvgIpc) is 3.54. The normalized spacial score (nSPS) is 16.1. The summed E-state index contributed by atoms with van der Waals surface area (Å²) in [6.07, 6.45) is 4.56. The first-order valence-corrected chi connectivity index (χ1v) is 11.0. The Bertz CT molecular complexity index is 1120. The molecule has 7 heteroatoms. The minimum absolute atomic E-state index is 0.0932. The maximum atomic E-state index is 5.25. The highest BCUT2D eigenvalue weighted by Gasteiger charge is 2.32. The van der Waals surface area contributed by atoms with E-state index < -0.39 is 0 Å². The van der Waals surface area contributed by atoms with Gasteiger partial charge in [-0.2, -0.15) is 5.10 Å². The number of methoxy groups -OCH3 is 1. The number of benzene rings is 1. The van der Waals surface area contributed by atoms with E-state index in [0.717, 1.165) is 39.8 Å². The molecule has 5 rings (SSSR count). The molecule has 3 aromatic heterocycles. The molecule has 5 nitrogen and oxygen atoms in total. The first-order valence-electron chi connectivity index (χ1n) is 9.22. The van der Waals surface area contributed by atoms with Crippen LogP contribution >= 0.6 is 22.7 Å². The predicted molar refractivity (Wildman–Crippen MR) is 119 cm³/mol. The van der Waals surface area contributed by atoms with E-state index in [-0.39, 0.29) is 6.04 Å². The first kappa shape index (κ1) is 18.0. The molecule has 0 aliphatic carbocycles. The van der Waals surface area contributed by atoms with Gasteiger partial charge in [0.25, 0.3) is 0 Å². The molecular weight excluding hydrogens is 400 g/mol. The molecule has 144 valence electrons. The molecule has 0 fully saturated rings. The summed E-state index contributed by atoms with van der Waals surface area (Å²) >= 11 is 3.33. The van der Waals surface area contributed by atoms with Gasteiger partial charge in [0.2, 0.25) is 5.13 Å². The third-order valence-corrected chi connectivity index (χ3v) is 6.61. The fourth-order valence-electron chi connectivity index (χ4n) is 3.37. The topological polar surface area (TPSA) is 50.6 Å². The van der Waals surface area contributed by atoms with Crippen molar-refractivity contribution in [2.24, 2.45) is 5.10 Å². The predicted octanol–water partition coefficient (Wildman–Crippen LogP) is 5.63. The summed E-state index contributed by atoms with van der Waals surface area (Å²) in [4.78, 5) is 10.4. The van der Waals surface area contributed by atoms with Crippen molar-refractivity contribution in [2.75, 3.05) is 12.1 Å². The van der Waals surface area contributed by atoms with Gasteiger partial charge in [-0.1, -0.05) is 12.1 Å². The molecule has 0 saturated carbocycles. The highest BCUT2D eigenvalue weighted by atomic mass is 32.1. The maximum absolute atomic E-state index is 5.25. The van der Waals surface area contributed by atoms with Crippen LogP contribution in [0.2, 0.25) is 0 Å². The summed E-state index contributed by atoms with van der Waals surface area (Å²) in [5, 5.41) is 12.1. The van der Waals surface area contributed by atoms with Crippen LogP contribution in [0.4, 0.5) is 5.13 Å². The number of hydrogen-bond acceptors (Lipinski definition) is 7. The quantitative estimate of drug-likeness (QED) is 0.421. The smallest absolute Gasteiger partial charge is 0.207 e. The fraction of sp³-hybridized carbons (Fsp3) is 0.136. The Kier molecular flexibility index (Phi) is 4.83. The van der Waals surface area contributed by atoms with Gasteiger partial charge in [-0.05, 0) is 47.3 Å². The van der Waals surface area contributed by atoms with E-state index in [9.17, 15) is 0 Å².